The van der Waals surface area contributed by atoms with Crippen LogP contribution in [0.25, 0.3) is 0 Å². The maximum Gasteiger partial charge on any atom is 0.310 e. The molecule has 3 N–H and O–H groups in total. The molecule has 1 saturated carbocycles. The van der Waals surface area contributed by atoms with Gasteiger partial charge in [-0.05, 0) is 24.5 Å². The van der Waals surface area contributed by atoms with Gasteiger partial charge in [-0.2, -0.15) is 0 Å². The molecule has 0 radical (unpaired) electrons. The Bertz CT molecular complexity index is 455. The molecule has 1 fully saturated rings. The van der Waals surface area contributed by atoms with Crippen molar-refractivity contribution in [1.29, 1.82) is 0 Å². The van der Waals surface area contributed by atoms with Gasteiger partial charge in [0.25, 0.3) is 0 Å². The van der Waals surface area contributed by atoms with Crippen LogP contribution in [0.2, 0.25) is 0 Å². The zero-order valence-electron chi connectivity index (χ0n) is 9.42. The Labute approximate surface area is 98.2 Å². The van der Waals surface area contributed by atoms with Gasteiger partial charge in [0.1, 0.15) is 0 Å². The number of aliphatic hydroxyl groups excluding tert-OH is 1. The van der Waals surface area contributed by atoms with E-state index in [9.17, 15) is 15.2 Å². The van der Waals surface area contributed by atoms with E-state index in [2.05, 4.69) is 0 Å². The van der Waals surface area contributed by atoms with Crippen molar-refractivity contribution in [3.05, 3.63) is 33.9 Å². The number of nitro groups is 1. The number of hydrogen-bond acceptors (Lipinski definition) is 5. The van der Waals surface area contributed by atoms with Crippen molar-refractivity contribution in [3.8, 4) is 5.75 Å². The number of nitrogens with zero attached hydrogens (tertiary/aromatic N) is 1. The van der Waals surface area contributed by atoms with Crippen molar-refractivity contribution in [2.24, 2.45) is 5.73 Å². The van der Waals surface area contributed by atoms with Gasteiger partial charge in [0.2, 0.25) is 0 Å². The SMILES string of the molecule is COc1cc(C2(N)CC(O)C2)ccc1[N+](=O)[O-]. The minimum absolute atomic E-state index is 0.0836. The van der Waals surface area contributed by atoms with E-state index in [1.807, 2.05) is 0 Å². The minimum Gasteiger partial charge on any atom is -0.490 e. The van der Waals surface area contributed by atoms with Gasteiger partial charge in [0.05, 0.1) is 18.1 Å². The molecule has 2 rings (SSSR count). The fourth-order valence-corrected chi connectivity index (χ4v) is 2.15. The number of nitrogens with two attached hydrogens (primary N) is 1. The van der Waals surface area contributed by atoms with Crippen molar-refractivity contribution in [1.82, 2.24) is 0 Å². The lowest BCUT2D eigenvalue weighted by Gasteiger charge is -2.42. The number of hydrogen-bond donors (Lipinski definition) is 2. The third kappa shape index (κ3) is 1.96. The first-order valence-electron chi connectivity index (χ1n) is 5.26. The van der Waals surface area contributed by atoms with Gasteiger partial charge in [0, 0.05) is 11.6 Å². The standard InChI is InChI=1S/C11H14N2O4/c1-17-10-4-7(2-3-9(10)13(15)16)11(12)5-8(14)6-11/h2-4,8,14H,5-6,12H2,1H3. The molecule has 0 saturated heterocycles. The Balaban J connectivity index is 2.35. The highest BCUT2D eigenvalue weighted by Gasteiger charge is 2.42. The molecule has 0 spiro atoms. The molecule has 0 bridgehead atoms. The third-order valence-electron chi connectivity index (χ3n) is 3.15. The number of ether oxygens (including phenoxy) is 1. The second-order valence-electron chi connectivity index (χ2n) is 4.36. The van der Waals surface area contributed by atoms with Crippen LogP contribution in [-0.2, 0) is 5.54 Å². The average Bonchev–Trinajstić information content (AvgIpc) is 2.26. The van der Waals surface area contributed by atoms with Crippen molar-refractivity contribution < 1.29 is 14.8 Å². The molecule has 6 nitrogen and oxygen atoms in total. The molecule has 92 valence electrons. The Hall–Kier alpha value is -1.66. The lowest BCUT2D eigenvalue weighted by molar-refractivity contribution is -0.385. The van der Waals surface area contributed by atoms with E-state index in [1.54, 1.807) is 12.1 Å². The number of nitro benzene ring substituents is 1. The third-order valence-corrected chi connectivity index (χ3v) is 3.15. The smallest absolute Gasteiger partial charge is 0.310 e. The van der Waals surface area contributed by atoms with Crippen molar-refractivity contribution in [3.63, 3.8) is 0 Å². The van der Waals surface area contributed by atoms with Crippen molar-refractivity contribution in [2.45, 2.75) is 24.5 Å². The molecule has 1 aromatic carbocycles. The summed E-state index contributed by atoms with van der Waals surface area (Å²) >= 11 is 0. The summed E-state index contributed by atoms with van der Waals surface area (Å²) in [7, 11) is 1.38. The van der Waals surface area contributed by atoms with Crippen molar-refractivity contribution in [2.75, 3.05) is 7.11 Å². The first-order chi connectivity index (χ1) is 7.96. The van der Waals surface area contributed by atoms with Gasteiger partial charge in [-0.3, -0.25) is 10.1 Å². The fourth-order valence-electron chi connectivity index (χ4n) is 2.15. The van der Waals surface area contributed by atoms with Crippen LogP contribution in [0.1, 0.15) is 18.4 Å². The normalized spacial score (nSPS) is 27.4. The summed E-state index contributed by atoms with van der Waals surface area (Å²) < 4.78 is 4.98. The molecule has 1 aliphatic rings. The highest BCUT2D eigenvalue weighted by molar-refractivity contribution is 5.50. The minimum atomic E-state index is -0.595. The second-order valence-corrected chi connectivity index (χ2v) is 4.36. The van der Waals surface area contributed by atoms with Gasteiger partial charge >= 0.3 is 5.69 Å². The molecule has 1 aromatic rings. The van der Waals surface area contributed by atoms with Crippen LogP contribution in [0.3, 0.4) is 0 Å². The summed E-state index contributed by atoms with van der Waals surface area (Å²) in [6.07, 6.45) is 0.545. The summed E-state index contributed by atoms with van der Waals surface area (Å²) in [5, 5.41) is 20.0. The Morgan fingerprint density at radius 3 is 2.71 bits per heavy atom. The van der Waals surface area contributed by atoms with E-state index in [-0.39, 0.29) is 17.5 Å². The van der Waals surface area contributed by atoms with E-state index in [1.165, 1.54) is 13.2 Å². The van der Waals surface area contributed by atoms with E-state index in [4.69, 9.17) is 10.5 Å². The summed E-state index contributed by atoms with van der Waals surface area (Å²) in [5.41, 5.74) is 6.15. The predicted octanol–water partition coefficient (Wildman–Crippen LogP) is 0.912. The largest absolute Gasteiger partial charge is 0.490 e. The lowest BCUT2D eigenvalue weighted by Crippen LogP contribution is -2.51. The molecule has 0 aliphatic heterocycles. The van der Waals surface area contributed by atoms with Crippen LogP contribution in [0.4, 0.5) is 5.69 Å². The summed E-state index contributed by atoms with van der Waals surface area (Å²) in [6.45, 7) is 0. The Kier molecular flexibility index (Phi) is 2.76. The maximum absolute atomic E-state index is 10.7. The first kappa shape index (κ1) is 11.8. The van der Waals surface area contributed by atoms with Crippen LogP contribution < -0.4 is 10.5 Å². The Morgan fingerprint density at radius 1 is 1.59 bits per heavy atom. The topological polar surface area (TPSA) is 98.6 Å². The van der Waals surface area contributed by atoms with Crippen LogP contribution in [-0.4, -0.2) is 23.2 Å². The Morgan fingerprint density at radius 2 is 2.24 bits per heavy atom. The van der Waals surface area contributed by atoms with Gasteiger partial charge in [0.15, 0.2) is 5.75 Å². The molecular weight excluding hydrogens is 224 g/mol. The molecule has 0 atom stereocenters. The van der Waals surface area contributed by atoms with E-state index >= 15 is 0 Å². The van der Waals surface area contributed by atoms with Gasteiger partial charge in [-0.25, -0.2) is 0 Å². The van der Waals surface area contributed by atoms with Crippen LogP contribution >= 0.6 is 0 Å². The molecule has 0 heterocycles. The highest BCUT2D eigenvalue weighted by atomic mass is 16.6. The second kappa shape index (κ2) is 3.97. The highest BCUT2D eigenvalue weighted by Crippen LogP contribution is 2.41. The maximum atomic E-state index is 10.7. The molecule has 6 heteroatoms. The summed E-state index contributed by atoms with van der Waals surface area (Å²) in [4.78, 5) is 10.2. The van der Waals surface area contributed by atoms with Gasteiger partial charge in [-0.15, -0.1) is 0 Å². The van der Waals surface area contributed by atoms with Crippen LogP contribution in [0.5, 0.6) is 5.75 Å². The quantitative estimate of drug-likeness (QED) is 0.602. The monoisotopic (exact) mass is 238 g/mol. The van der Waals surface area contributed by atoms with E-state index in [0.29, 0.717) is 12.8 Å². The fraction of sp³-hybridized carbons (Fsp3) is 0.455. The summed E-state index contributed by atoms with van der Waals surface area (Å²) in [5.74, 6) is 0.193. The molecule has 1 aliphatic carbocycles. The number of methoxy groups -OCH3 is 1. The van der Waals surface area contributed by atoms with Crippen LogP contribution in [0, 0.1) is 10.1 Å². The van der Waals surface area contributed by atoms with Gasteiger partial charge in [-0.1, -0.05) is 6.07 Å². The summed E-state index contributed by atoms with van der Waals surface area (Å²) in [6, 6.07) is 4.57. The first-order valence-corrected chi connectivity index (χ1v) is 5.26. The number of aliphatic hydroxyl groups is 1. The lowest BCUT2D eigenvalue weighted by atomic mass is 9.70. The van der Waals surface area contributed by atoms with Gasteiger partial charge < -0.3 is 15.6 Å². The molecule has 17 heavy (non-hydrogen) atoms. The molecule has 0 amide bonds. The predicted molar refractivity (Wildman–Crippen MR) is 60.8 cm³/mol. The average molecular weight is 238 g/mol. The molecule has 0 unspecified atom stereocenters. The van der Waals surface area contributed by atoms with Crippen LogP contribution in [0.15, 0.2) is 18.2 Å². The van der Waals surface area contributed by atoms with E-state index < -0.39 is 10.5 Å². The zero-order valence-corrected chi connectivity index (χ0v) is 9.42. The van der Waals surface area contributed by atoms with Crippen molar-refractivity contribution >= 4 is 5.69 Å². The molecular formula is C11H14N2O4. The molecule has 0 aromatic heterocycles. The number of rotatable bonds is 3. The number of benzene rings is 1. The zero-order chi connectivity index (χ0) is 12.6. The van der Waals surface area contributed by atoms with E-state index in [0.717, 1.165) is 5.56 Å².